The molecule has 3 atom stereocenters. The summed E-state index contributed by atoms with van der Waals surface area (Å²) in [4.78, 5) is 41.5. The number of nitrogens with zero attached hydrogens (tertiary/aromatic N) is 4. The third-order valence-electron chi connectivity index (χ3n) is 10.2. The number of fused-ring (bicyclic) bond motifs is 4. The second kappa shape index (κ2) is 9.80. The first-order chi connectivity index (χ1) is 20.5. The van der Waals surface area contributed by atoms with Gasteiger partial charge in [-0.05, 0) is 62.2 Å². The van der Waals surface area contributed by atoms with Crippen LogP contribution in [-0.4, -0.2) is 63.0 Å². The van der Waals surface area contributed by atoms with Crippen LogP contribution in [0.1, 0.15) is 70.6 Å². The lowest BCUT2D eigenvalue weighted by Crippen LogP contribution is -2.52. The lowest BCUT2D eigenvalue weighted by Gasteiger charge is -2.38. The van der Waals surface area contributed by atoms with Crippen molar-refractivity contribution in [1.82, 2.24) is 24.9 Å². The van der Waals surface area contributed by atoms with E-state index in [1.54, 1.807) is 4.90 Å². The molecule has 1 spiro atoms. The van der Waals surface area contributed by atoms with Gasteiger partial charge in [-0.3, -0.25) is 29.3 Å². The highest BCUT2D eigenvalue weighted by Gasteiger charge is 2.47. The number of likely N-dealkylation sites (tertiary alicyclic amines) is 1. The Bertz CT molecular complexity index is 1570. The van der Waals surface area contributed by atoms with E-state index in [1.165, 1.54) is 23.1 Å². The first-order valence-electron chi connectivity index (χ1n) is 15.2. The highest BCUT2D eigenvalue weighted by Crippen LogP contribution is 2.50. The molecule has 3 aromatic rings. The maximum atomic E-state index is 13.2. The lowest BCUT2D eigenvalue weighted by molar-refractivity contribution is -0.136. The van der Waals surface area contributed by atoms with Crippen molar-refractivity contribution in [2.45, 2.75) is 69.1 Å². The lowest BCUT2D eigenvalue weighted by atomic mass is 9.74. The molecule has 0 bridgehead atoms. The van der Waals surface area contributed by atoms with Crippen molar-refractivity contribution in [3.8, 4) is 5.75 Å². The summed E-state index contributed by atoms with van der Waals surface area (Å²) in [6.45, 7) is 4.81. The van der Waals surface area contributed by atoms with Crippen LogP contribution in [0.25, 0.3) is 0 Å². The van der Waals surface area contributed by atoms with Crippen LogP contribution in [0, 0.1) is 5.92 Å². The van der Waals surface area contributed by atoms with Gasteiger partial charge in [0, 0.05) is 53.4 Å². The Morgan fingerprint density at radius 3 is 2.69 bits per heavy atom. The van der Waals surface area contributed by atoms with Crippen LogP contribution < -0.4 is 10.1 Å². The van der Waals surface area contributed by atoms with Crippen molar-refractivity contribution in [3.63, 3.8) is 0 Å². The molecule has 4 aliphatic heterocycles. The van der Waals surface area contributed by atoms with Crippen molar-refractivity contribution in [1.29, 1.82) is 0 Å². The highest BCUT2D eigenvalue weighted by atomic mass is 16.5. The van der Waals surface area contributed by atoms with E-state index in [0.29, 0.717) is 37.0 Å². The third-order valence-corrected chi connectivity index (χ3v) is 10.2. The van der Waals surface area contributed by atoms with Crippen molar-refractivity contribution < 1.29 is 19.1 Å². The van der Waals surface area contributed by atoms with Crippen LogP contribution in [-0.2, 0) is 34.6 Å². The van der Waals surface area contributed by atoms with Gasteiger partial charge in [-0.1, -0.05) is 36.4 Å². The van der Waals surface area contributed by atoms with Crippen LogP contribution in [0.5, 0.6) is 5.75 Å². The molecule has 9 nitrogen and oxygen atoms in total. The van der Waals surface area contributed by atoms with E-state index in [4.69, 9.17) is 4.74 Å². The minimum atomic E-state index is -0.615. The van der Waals surface area contributed by atoms with Crippen molar-refractivity contribution in [2.24, 2.45) is 5.92 Å². The van der Waals surface area contributed by atoms with E-state index in [1.807, 2.05) is 12.3 Å². The predicted octanol–water partition coefficient (Wildman–Crippen LogP) is 3.37. The maximum Gasteiger partial charge on any atom is 0.255 e. The molecule has 0 radical (unpaired) electrons. The van der Waals surface area contributed by atoms with Gasteiger partial charge in [-0.25, -0.2) is 0 Å². The Morgan fingerprint density at radius 1 is 1.05 bits per heavy atom. The number of nitrogens with one attached hydrogen (secondary N) is 1. The number of imide groups is 1. The average Bonchev–Trinajstić information content (AvgIpc) is 3.28. The van der Waals surface area contributed by atoms with Gasteiger partial charge in [0.2, 0.25) is 11.8 Å². The number of ether oxygens (including phenoxy) is 1. The second-order valence-corrected chi connectivity index (χ2v) is 12.8. The number of hydrogen-bond donors (Lipinski definition) is 1. The van der Waals surface area contributed by atoms with E-state index in [2.05, 4.69) is 62.6 Å². The van der Waals surface area contributed by atoms with E-state index < -0.39 is 6.04 Å². The fourth-order valence-electron chi connectivity index (χ4n) is 7.68. The largest absolute Gasteiger partial charge is 0.492 e. The molecular formula is C33H35N5O4. The molecule has 9 heteroatoms. The smallest absolute Gasteiger partial charge is 0.255 e. The van der Waals surface area contributed by atoms with Crippen LogP contribution in [0.3, 0.4) is 0 Å². The first kappa shape index (κ1) is 25.7. The van der Waals surface area contributed by atoms with Gasteiger partial charge >= 0.3 is 0 Å². The number of amides is 3. The standard InChI is InChI=1S/C33H35N5O4/c39-29-9-8-28(31(40)35-29)38-19-26-24(32(38)41)6-7-27-30(26)42-20-33(27)10-12-36(13-11-33)16-21-15-34-37(17-21)18-23-14-25(23)22-4-2-1-3-5-22/h1-7,15,17,23,25,28H,8-14,16,18-20H2,(H,35,39,40)/t23-,25-,28+/m1/s1. The molecule has 3 amide bonds. The summed E-state index contributed by atoms with van der Waals surface area (Å²) in [5, 5.41) is 7.06. The molecular weight excluding hydrogens is 530 g/mol. The van der Waals surface area contributed by atoms with Gasteiger partial charge in [0.05, 0.1) is 19.3 Å². The van der Waals surface area contributed by atoms with Crippen molar-refractivity contribution in [2.75, 3.05) is 19.7 Å². The van der Waals surface area contributed by atoms with E-state index in [9.17, 15) is 14.4 Å². The molecule has 1 saturated carbocycles. The zero-order valence-electron chi connectivity index (χ0n) is 23.6. The van der Waals surface area contributed by atoms with E-state index >= 15 is 0 Å². The molecule has 8 rings (SSSR count). The molecule has 216 valence electrons. The number of carbonyl (C=O) groups is 3. The monoisotopic (exact) mass is 565 g/mol. The van der Waals surface area contributed by atoms with Crippen molar-refractivity contribution in [3.05, 3.63) is 82.7 Å². The Morgan fingerprint density at radius 2 is 1.88 bits per heavy atom. The molecule has 2 saturated heterocycles. The summed E-state index contributed by atoms with van der Waals surface area (Å²) in [6.07, 6.45) is 8.09. The normalized spacial score (nSPS) is 26.2. The molecule has 5 aliphatic rings. The fourth-order valence-corrected chi connectivity index (χ4v) is 7.68. The Balaban J connectivity index is 0.900. The molecule has 42 heavy (non-hydrogen) atoms. The number of aromatic nitrogens is 2. The van der Waals surface area contributed by atoms with Crippen LogP contribution in [0.15, 0.2) is 54.9 Å². The van der Waals surface area contributed by atoms with Gasteiger partial charge in [0.15, 0.2) is 0 Å². The Kier molecular flexibility index (Phi) is 6.00. The highest BCUT2D eigenvalue weighted by molar-refractivity contribution is 6.05. The quantitative estimate of drug-likeness (QED) is 0.461. The number of rotatable bonds is 6. The molecule has 5 heterocycles. The van der Waals surface area contributed by atoms with Gasteiger partial charge in [-0.15, -0.1) is 0 Å². The summed E-state index contributed by atoms with van der Waals surface area (Å²) in [6, 6.07) is 14.2. The topological polar surface area (TPSA) is 96.8 Å². The summed E-state index contributed by atoms with van der Waals surface area (Å²) >= 11 is 0. The second-order valence-electron chi connectivity index (χ2n) is 12.8. The fraction of sp³-hybridized carbons (Fsp3) is 0.455. The Labute approximate surface area is 244 Å². The van der Waals surface area contributed by atoms with Gasteiger partial charge < -0.3 is 9.64 Å². The predicted molar refractivity (Wildman–Crippen MR) is 154 cm³/mol. The van der Waals surface area contributed by atoms with Gasteiger partial charge in [-0.2, -0.15) is 5.10 Å². The number of benzene rings is 2. The Hall–Kier alpha value is -3.98. The summed E-state index contributed by atoms with van der Waals surface area (Å²) in [5.41, 5.74) is 5.36. The molecule has 1 aliphatic carbocycles. The summed E-state index contributed by atoms with van der Waals surface area (Å²) in [5.74, 6) is 1.35. The van der Waals surface area contributed by atoms with E-state index in [0.717, 1.165) is 50.3 Å². The number of carbonyl (C=O) groups excluding carboxylic acids is 3. The average molecular weight is 566 g/mol. The molecule has 2 aromatic carbocycles. The van der Waals surface area contributed by atoms with Gasteiger partial charge in [0.1, 0.15) is 11.8 Å². The minimum Gasteiger partial charge on any atom is -0.492 e. The van der Waals surface area contributed by atoms with E-state index in [-0.39, 0.29) is 29.6 Å². The zero-order valence-corrected chi connectivity index (χ0v) is 23.6. The zero-order chi connectivity index (χ0) is 28.4. The minimum absolute atomic E-state index is 0.0471. The third kappa shape index (κ3) is 4.33. The van der Waals surface area contributed by atoms with Gasteiger partial charge in [0.25, 0.3) is 5.91 Å². The van der Waals surface area contributed by atoms with Crippen molar-refractivity contribution >= 4 is 17.7 Å². The summed E-state index contributed by atoms with van der Waals surface area (Å²) < 4.78 is 8.46. The molecule has 0 unspecified atom stereocenters. The summed E-state index contributed by atoms with van der Waals surface area (Å²) in [7, 11) is 0. The molecule has 1 N–H and O–H groups in total. The van der Waals surface area contributed by atoms with Crippen LogP contribution in [0.4, 0.5) is 0 Å². The first-order valence-corrected chi connectivity index (χ1v) is 15.2. The van der Waals surface area contributed by atoms with Crippen LogP contribution in [0.2, 0.25) is 0 Å². The molecule has 1 aromatic heterocycles. The SMILES string of the molecule is O=C1CC[C@H](N2Cc3c(ccc4c3OCC43CCN(Cc4cnn(C[C@H]5C[C@@H]5c5ccccc5)c4)CC3)C2=O)C(=O)N1. The molecule has 3 fully saturated rings. The number of hydrogen-bond acceptors (Lipinski definition) is 6. The van der Waals surface area contributed by atoms with Crippen LogP contribution >= 0.6 is 0 Å². The number of piperidine rings is 2. The maximum absolute atomic E-state index is 13.2.